The van der Waals surface area contributed by atoms with E-state index >= 15 is 0 Å². The van der Waals surface area contributed by atoms with E-state index in [0.717, 1.165) is 4.90 Å². The lowest BCUT2D eigenvalue weighted by molar-refractivity contribution is -0.153. The minimum Gasteiger partial charge on any atom is -0.463 e. The van der Waals surface area contributed by atoms with Crippen molar-refractivity contribution < 1.29 is 47.1 Å². The highest BCUT2D eigenvalue weighted by molar-refractivity contribution is 7.48. The van der Waals surface area contributed by atoms with Crippen molar-refractivity contribution in [3.8, 4) is 12.3 Å². The van der Waals surface area contributed by atoms with Gasteiger partial charge in [0.2, 0.25) is 5.91 Å². The highest BCUT2D eigenvalue weighted by Crippen LogP contribution is 2.57. The summed E-state index contributed by atoms with van der Waals surface area (Å²) in [6.45, 7) is 4.68. The van der Waals surface area contributed by atoms with Gasteiger partial charge in [-0.1, -0.05) is 12.8 Å². The van der Waals surface area contributed by atoms with E-state index in [-0.39, 0.29) is 25.7 Å². The average Bonchev–Trinajstić information content (AvgIpc) is 2.99. The monoisotopic (exact) mass is 471 g/mol. The second-order valence-electron chi connectivity index (χ2n) is 8.03. The molecule has 3 aliphatic rings. The number of nitrogens with zero attached hydrogens (tertiary/aromatic N) is 1. The number of aliphatic hydroxyl groups is 1. The number of esters is 1. The standard InChI is InChI=1S/C20H26NO10P/c1-5-20(25)17-15(30-19(20)21-8-6-14(22)10-16(21)23)11-28-32(26,31-17)27-9-7-13(4)18(24)29-12(2)3/h1,6,8,12-13,15,17,19,25H,7,9-11H2,2-4H3/t13?,15-,17-,19-,20-,32-/m1/s1. The van der Waals surface area contributed by atoms with Crippen LogP contribution < -0.4 is 0 Å². The molecule has 1 N–H and O–H groups in total. The molecule has 11 nitrogen and oxygen atoms in total. The van der Waals surface area contributed by atoms with Crippen LogP contribution in [0.1, 0.15) is 33.6 Å². The van der Waals surface area contributed by atoms with Gasteiger partial charge in [-0.25, -0.2) is 4.57 Å². The van der Waals surface area contributed by atoms with Crippen LogP contribution >= 0.6 is 7.82 Å². The maximum absolute atomic E-state index is 12.9. The molecule has 0 saturated carbocycles. The first-order valence-electron chi connectivity index (χ1n) is 10.1. The molecule has 0 aliphatic carbocycles. The first-order chi connectivity index (χ1) is 15.0. The molecule has 0 spiro atoms. The molecule has 12 heteroatoms. The van der Waals surface area contributed by atoms with Gasteiger partial charge >= 0.3 is 13.8 Å². The molecule has 0 aromatic rings. The van der Waals surface area contributed by atoms with Crippen molar-refractivity contribution in [2.24, 2.45) is 5.92 Å². The lowest BCUT2D eigenvalue weighted by Crippen LogP contribution is -2.56. The minimum atomic E-state index is -4.15. The van der Waals surface area contributed by atoms with Gasteiger partial charge in [-0.15, -0.1) is 6.42 Å². The molecule has 0 aromatic heterocycles. The topological polar surface area (TPSA) is 138 Å². The molecule has 176 valence electrons. The summed E-state index contributed by atoms with van der Waals surface area (Å²) >= 11 is 0. The molecule has 0 bridgehead atoms. The molecule has 0 radical (unpaired) electrons. The van der Waals surface area contributed by atoms with Gasteiger partial charge in [0.25, 0.3) is 0 Å². The van der Waals surface area contributed by atoms with Crippen molar-refractivity contribution in [2.75, 3.05) is 13.2 Å². The first-order valence-corrected chi connectivity index (χ1v) is 11.6. The Morgan fingerprint density at radius 3 is 2.78 bits per heavy atom. The third kappa shape index (κ3) is 4.96. The van der Waals surface area contributed by atoms with Crippen molar-refractivity contribution in [1.82, 2.24) is 4.90 Å². The Kier molecular flexibility index (Phi) is 7.25. The third-order valence-electron chi connectivity index (χ3n) is 5.16. The van der Waals surface area contributed by atoms with Gasteiger partial charge in [0.05, 0.1) is 31.7 Å². The smallest absolute Gasteiger partial charge is 0.463 e. The second kappa shape index (κ2) is 9.43. The van der Waals surface area contributed by atoms with Crippen LogP contribution in [0.5, 0.6) is 0 Å². The summed E-state index contributed by atoms with van der Waals surface area (Å²) in [6, 6.07) is 0. The number of phosphoric acid groups is 1. The van der Waals surface area contributed by atoms with Crippen molar-refractivity contribution in [2.45, 2.75) is 63.8 Å². The number of hydrogen-bond donors (Lipinski definition) is 1. The van der Waals surface area contributed by atoms with E-state index in [1.54, 1.807) is 20.8 Å². The Hall–Kier alpha value is -2.06. The van der Waals surface area contributed by atoms with Crippen molar-refractivity contribution in [3.05, 3.63) is 12.3 Å². The zero-order valence-electron chi connectivity index (χ0n) is 18.0. The molecule has 3 aliphatic heterocycles. The number of fused-ring (bicyclic) bond motifs is 1. The van der Waals surface area contributed by atoms with Crippen LogP contribution in [0.25, 0.3) is 0 Å². The summed E-state index contributed by atoms with van der Waals surface area (Å²) in [7, 11) is -4.15. The molecule has 2 fully saturated rings. The fourth-order valence-electron chi connectivity index (χ4n) is 3.43. The van der Waals surface area contributed by atoms with Crippen LogP contribution in [0.3, 0.4) is 0 Å². The molecular weight excluding hydrogens is 445 g/mol. The number of hydrogen-bond acceptors (Lipinski definition) is 10. The van der Waals surface area contributed by atoms with Crippen LogP contribution in [0, 0.1) is 18.3 Å². The van der Waals surface area contributed by atoms with Crippen LogP contribution in [-0.2, 0) is 42.0 Å². The molecule has 32 heavy (non-hydrogen) atoms. The molecule has 6 atom stereocenters. The zero-order valence-corrected chi connectivity index (χ0v) is 18.9. The lowest BCUT2D eigenvalue weighted by Gasteiger charge is -2.36. The van der Waals surface area contributed by atoms with Crippen LogP contribution in [-0.4, -0.2) is 71.0 Å². The van der Waals surface area contributed by atoms with Crippen LogP contribution in [0.2, 0.25) is 0 Å². The van der Waals surface area contributed by atoms with E-state index in [1.165, 1.54) is 12.3 Å². The van der Waals surface area contributed by atoms with Gasteiger partial charge in [-0.2, -0.15) is 0 Å². The number of carbonyl (C=O) groups is 3. The van der Waals surface area contributed by atoms with Gasteiger partial charge < -0.3 is 14.6 Å². The number of ether oxygens (including phenoxy) is 2. The Bertz CT molecular complexity index is 895. The summed E-state index contributed by atoms with van der Waals surface area (Å²) in [5.41, 5.74) is -2.18. The largest absolute Gasteiger partial charge is 0.475 e. The number of allylic oxidation sites excluding steroid dienone is 1. The maximum Gasteiger partial charge on any atom is 0.475 e. The van der Waals surface area contributed by atoms with E-state index in [0.29, 0.717) is 0 Å². The quantitative estimate of drug-likeness (QED) is 0.247. The molecule has 3 rings (SSSR count). The average molecular weight is 471 g/mol. The summed E-state index contributed by atoms with van der Waals surface area (Å²) < 4.78 is 39.7. The van der Waals surface area contributed by atoms with Gasteiger partial charge in [0, 0.05) is 6.20 Å². The molecule has 1 amide bonds. The highest BCUT2D eigenvalue weighted by Gasteiger charge is 2.63. The molecule has 1 unspecified atom stereocenters. The van der Waals surface area contributed by atoms with E-state index in [1.807, 2.05) is 0 Å². The number of carbonyl (C=O) groups excluding carboxylic acids is 3. The number of amides is 1. The normalized spacial score (nSPS) is 35.5. The number of ketones is 1. The fourth-order valence-corrected chi connectivity index (χ4v) is 4.86. The van der Waals surface area contributed by atoms with Crippen molar-refractivity contribution in [3.63, 3.8) is 0 Å². The van der Waals surface area contributed by atoms with Gasteiger partial charge in [0.15, 0.2) is 17.6 Å². The fraction of sp³-hybridized carbons (Fsp3) is 0.650. The summed E-state index contributed by atoms with van der Waals surface area (Å²) in [6.07, 6.45) is 3.77. The minimum absolute atomic E-state index is 0.142. The summed E-state index contributed by atoms with van der Waals surface area (Å²) in [5.74, 6) is 0.227. The molecule has 0 aromatic carbocycles. The SMILES string of the molecule is C#C[C@@]1(O)[C@@H]2O[P@](=O)(OCCC(C)C(=O)OC(C)C)OC[C@H]2O[C@H]1N1C=CC(=O)CC1=O. The highest BCUT2D eigenvalue weighted by atomic mass is 31.2. The Morgan fingerprint density at radius 2 is 2.16 bits per heavy atom. The van der Waals surface area contributed by atoms with Crippen LogP contribution in [0.4, 0.5) is 0 Å². The van der Waals surface area contributed by atoms with Gasteiger partial charge in [-0.05, 0) is 26.3 Å². The van der Waals surface area contributed by atoms with Gasteiger partial charge in [-0.3, -0.25) is 32.9 Å². The number of terminal acetylenes is 1. The lowest BCUT2D eigenvalue weighted by atomic mass is 9.94. The Labute approximate surface area is 185 Å². The molecular formula is C20H26NO10P. The van der Waals surface area contributed by atoms with E-state index < -0.39 is 61.9 Å². The predicted molar refractivity (Wildman–Crippen MR) is 107 cm³/mol. The molecule has 2 saturated heterocycles. The second-order valence-corrected chi connectivity index (χ2v) is 9.66. The van der Waals surface area contributed by atoms with E-state index in [4.69, 9.17) is 29.5 Å². The third-order valence-corrected chi connectivity index (χ3v) is 6.61. The van der Waals surface area contributed by atoms with Crippen molar-refractivity contribution in [1.29, 1.82) is 0 Å². The van der Waals surface area contributed by atoms with E-state index in [9.17, 15) is 24.1 Å². The van der Waals surface area contributed by atoms with Gasteiger partial charge in [0.1, 0.15) is 12.2 Å². The molecule has 3 heterocycles. The van der Waals surface area contributed by atoms with Crippen LogP contribution in [0.15, 0.2) is 12.3 Å². The predicted octanol–water partition coefficient (Wildman–Crippen LogP) is 0.909. The number of rotatable bonds is 7. The maximum atomic E-state index is 12.9. The van der Waals surface area contributed by atoms with E-state index in [2.05, 4.69) is 5.92 Å². The van der Waals surface area contributed by atoms with Crippen molar-refractivity contribution >= 4 is 25.5 Å². The summed E-state index contributed by atoms with van der Waals surface area (Å²) in [5, 5.41) is 11.1. The summed E-state index contributed by atoms with van der Waals surface area (Å²) in [4.78, 5) is 36.6. The Morgan fingerprint density at radius 1 is 1.44 bits per heavy atom. The first kappa shape index (κ1) is 24.6. The number of phosphoric ester groups is 1. The Balaban J connectivity index is 1.66. The zero-order chi connectivity index (χ0) is 23.7.